The molecule has 0 spiro atoms. The molecule has 0 aliphatic carbocycles. The minimum Gasteiger partial charge on any atom is -0.373 e. The fraction of sp³-hybridized carbons (Fsp3) is 0.529. The number of imidazole rings is 1. The van der Waals surface area contributed by atoms with Crippen LogP contribution in [-0.4, -0.2) is 47.8 Å². The highest BCUT2D eigenvalue weighted by atomic mass is 16.5. The lowest BCUT2D eigenvalue weighted by Crippen LogP contribution is -2.47. The van der Waals surface area contributed by atoms with E-state index in [1.54, 1.807) is 0 Å². The number of benzene rings is 1. The molecule has 1 aromatic heterocycles. The number of rotatable bonds is 4. The molecule has 6 heteroatoms. The third-order valence-electron chi connectivity index (χ3n) is 4.74. The van der Waals surface area contributed by atoms with Gasteiger partial charge in [-0.15, -0.1) is 0 Å². The zero-order valence-corrected chi connectivity index (χ0v) is 13.4. The molecule has 23 heavy (non-hydrogen) atoms. The summed E-state index contributed by atoms with van der Waals surface area (Å²) in [6.07, 6.45) is 5.11. The molecule has 4 rings (SSSR count). The SMILES string of the molecule is CN=C(NCCc1nc2ccccc2[nH]1)NC1CC2CCC1O2. The van der Waals surface area contributed by atoms with Gasteiger partial charge in [0.2, 0.25) is 0 Å². The molecule has 3 atom stereocenters. The lowest BCUT2D eigenvalue weighted by atomic mass is 9.96. The Labute approximate surface area is 135 Å². The Morgan fingerprint density at radius 2 is 2.30 bits per heavy atom. The van der Waals surface area contributed by atoms with Gasteiger partial charge in [-0.1, -0.05) is 12.1 Å². The van der Waals surface area contributed by atoms with Gasteiger partial charge in [-0.3, -0.25) is 4.99 Å². The maximum Gasteiger partial charge on any atom is 0.191 e. The van der Waals surface area contributed by atoms with E-state index in [9.17, 15) is 0 Å². The minimum atomic E-state index is 0.355. The van der Waals surface area contributed by atoms with Crippen molar-refractivity contribution in [1.82, 2.24) is 20.6 Å². The zero-order chi connectivity index (χ0) is 15.6. The van der Waals surface area contributed by atoms with E-state index in [4.69, 9.17) is 4.74 Å². The molecular formula is C17H23N5O. The number of aromatic amines is 1. The third-order valence-corrected chi connectivity index (χ3v) is 4.74. The van der Waals surface area contributed by atoms with Gasteiger partial charge in [0.05, 0.1) is 29.3 Å². The van der Waals surface area contributed by atoms with Crippen LogP contribution >= 0.6 is 0 Å². The summed E-state index contributed by atoms with van der Waals surface area (Å²) >= 11 is 0. The number of fused-ring (bicyclic) bond motifs is 3. The molecule has 1 aromatic carbocycles. The van der Waals surface area contributed by atoms with Crippen LogP contribution in [0.15, 0.2) is 29.3 Å². The van der Waals surface area contributed by atoms with Crippen LogP contribution in [0.4, 0.5) is 0 Å². The molecule has 2 aliphatic rings. The number of guanidine groups is 1. The molecule has 0 amide bonds. The Morgan fingerprint density at radius 1 is 1.39 bits per heavy atom. The highest BCUT2D eigenvalue weighted by Gasteiger charge is 2.41. The lowest BCUT2D eigenvalue weighted by Gasteiger charge is -2.22. The molecule has 122 valence electrons. The van der Waals surface area contributed by atoms with E-state index in [1.807, 2.05) is 25.2 Å². The second-order valence-corrected chi connectivity index (χ2v) is 6.31. The van der Waals surface area contributed by atoms with Crippen molar-refractivity contribution in [1.29, 1.82) is 0 Å². The Morgan fingerprint density at radius 3 is 3.04 bits per heavy atom. The highest BCUT2D eigenvalue weighted by molar-refractivity contribution is 5.80. The Kier molecular flexibility index (Phi) is 3.91. The predicted octanol–water partition coefficient (Wildman–Crippen LogP) is 1.59. The number of nitrogens with zero attached hydrogens (tertiary/aromatic N) is 2. The van der Waals surface area contributed by atoms with Gasteiger partial charge in [0, 0.05) is 20.0 Å². The van der Waals surface area contributed by atoms with E-state index < -0.39 is 0 Å². The number of hydrogen-bond acceptors (Lipinski definition) is 3. The van der Waals surface area contributed by atoms with E-state index in [-0.39, 0.29) is 0 Å². The van der Waals surface area contributed by atoms with Crippen molar-refractivity contribution in [3.63, 3.8) is 0 Å². The molecule has 0 saturated carbocycles. The maximum absolute atomic E-state index is 5.88. The number of nitrogens with one attached hydrogen (secondary N) is 3. The molecule has 3 unspecified atom stereocenters. The first-order valence-corrected chi connectivity index (χ1v) is 8.38. The normalized spacial score (nSPS) is 26.8. The van der Waals surface area contributed by atoms with Gasteiger partial charge in [-0.25, -0.2) is 4.98 Å². The van der Waals surface area contributed by atoms with Crippen LogP contribution in [-0.2, 0) is 11.2 Å². The zero-order valence-electron chi connectivity index (χ0n) is 13.4. The van der Waals surface area contributed by atoms with Crippen LogP contribution in [0.2, 0.25) is 0 Å². The van der Waals surface area contributed by atoms with Crippen molar-refractivity contribution in [3.8, 4) is 0 Å². The summed E-state index contributed by atoms with van der Waals surface area (Å²) in [6.45, 7) is 0.793. The van der Waals surface area contributed by atoms with Crippen LogP contribution in [0.5, 0.6) is 0 Å². The third kappa shape index (κ3) is 3.03. The van der Waals surface area contributed by atoms with Gasteiger partial charge in [0.25, 0.3) is 0 Å². The molecule has 2 aromatic rings. The van der Waals surface area contributed by atoms with Gasteiger partial charge >= 0.3 is 0 Å². The van der Waals surface area contributed by atoms with Gasteiger partial charge in [-0.05, 0) is 31.4 Å². The Balaban J connectivity index is 1.29. The van der Waals surface area contributed by atoms with Crippen LogP contribution in [0.25, 0.3) is 11.0 Å². The number of aromatic nitrogens is 2. The van der Waals surface area contributed by atoms with Crippen molar-refractivity contribution in [3.05, 3.63) is 30.1 Å². The van der Waals surface area contributed by atoms with Crippen molar-refractivity contribution >= 4 is 17.0 Å². The molecular weight excluding hydrogens is 290 g/mol. The average Bonchev–Trinajstić information content (AvgIpc) is 3.28. The second kappa shape index (κ2) is 6.20. The predicted molar refractivity (Wildman–Crippen MR) is 90.6 cm³/mol. The molecule has 3 N–H and O–H groups in total. The first-order valence-electron chi connectivity index (χ1n) is 8.38. The molecule has 2 bridgehead atoms. The summed E-state index contributed by atoms with van der Waals surface area (Å²) in [5, 5.41) is 6.87. The van der Waals surface area contributed by atoms with Crippen molar-refractivity contribution < 1.29 is 4.74 Å². The van der Waals surface area contributed by atoms with Crippen LogP contribution in [0.3, 0.4) is 0 Å². The summed E-state index contributed by atoms with van der Waals surface area (Å²) in [5.41, 5.74) is 2.10. The first kappa shape index (κ1) is 14.5. The van der Waals surface area contributed by atoms with Gasteiger partial charge in [-0.2, -0.15) is 0 Å². The second-order valence-electron chi connectivity index (χ2n) is 6.31. The molecule has 2 fully saturated rings. The largest absolute Gasteiger partial charge is 0.373 e. The molecule has 2 saturated heterocycles. The van der Waals surface area contributed by atoms with E-state index in [2.05, 4.69) is 31.7 Å². The summed E-state index contributed by atoms with van der Waals surface area (Å²) in [4.78, 5) is 12.3. The van der Waals surface area contributed by atoms with Crippen LogP contribution in [0.1, 0.15) is 25.1 Å². The molecule has 0 radical (unpaired) electrons. The van der Waals surface area contributed by atoms with Crippen LogP contribution in [0, 0.1) is 0 Å². The standard InChI is InChI=1S/C17H23N5O/c1-18-17(22-14-10-11-6-7-15(14)23-11)19-9-8-16-20-12-4-2-3-5-13(12)21-16/h2-5,11,14-15H,6-10H2,1H3,(H,20,21)(H2,18,19,22). The summed E-state index contributed by atoms with van der Waals surface area (Å²) in [6, 6.07) is 8.50. The summed E-state index contributed by atoms with van der Waals surface area (Å²) < 4.78 is 5.88. The smallest absolute Gasteiger partial charge is 0.191 e. The maximum atomic E-state index is 5.88. The fourth-order valence-electron chi connectivity index (χ4n) is 3.58. The average molecular weight is 313 g/mol. The summed E-state index contributed by atoms with van der Waals surface area (Å²) in [5.74, 6) is 1.85. The molecule has 6 nitrogen and oxygen atoms in total. The first-order chi connectivity index (χ1) is 11.3. The quantitative estimate of drug-likeness (QED) is 0.592. The molecule has 3 heterocycles. The van der Waals surface area contributed by atoms with Crippen LogP contribution < -0.4 is 10.6 Å². The fourth-order valence-corrected chi connectivity index (χ4v) is 3.58. The van der Waals surface area contributed by atoms with Gasteiger partial charge in [0.1, 0.15) is 5.82 Å². The van der Waals surface area contributed by atoms with E-state index >= 15 is 0 Å². The Hall–Kier alpha value is -2.08. The number of H-pyrrole nitrogens is 1. The van der Waals surface area contributed by atoms with Gasteiger partial charge in [0.15, 0.2) is 5.96 Å². The van der Waals surface area contributed by atoms with Gasteiger partial charge < -0.3 is 20.4 Å². The lowest BCUT2D eigenvalue weighted by molar-refractivity contribution is 0.0992. The van der Waals surface area contributed by atoms with E-state index in [0.29, 0.717) is 18.2 Å². The van der Waals surface area contributed by atoms with Crippen molar-refractivity contribution in [2.24, 2.45) is 4.99 Å². The monoisotopic (exact) mass is 313 g/mol. The van der Waals surface area contributed by atoms with Crippen molar-refractivity contribution in [2.75, 3.05) is 13.6 Å². The topological polar surface area (TPSA) is 74.3 Å². The summed E-state index contributed by atoms with van der Waals surface area (Å²) in [7, 11) is 1.81. The Bertz CT molecular complexity index is 677. The van der Waals surface area contributed by atoms with E-state index in [1.165, 1.54) is 6.42 Å². The van der Waals surface area contributed by atoms with Crippen molar-refractivity contribution in [2.45, 2.75) is 43.9 Å². The number of para-hydroxylation sites is 2. The molecule has 2 aliphatic heterocycles. The number of hydrogen-bond donors (Lipinski definition) is 3. The van der Waals surface area contributed by atoms with E-state index in [0.717, 1.165) is 48.6 Å². The number of aliphatic imine (C=N–C) groups is 1. The minimum absolute atomic E-state index is 0.355. The highest BCUT2D eigenvalue weighted by Crippen LogP contribution is 2.34. The number of ether oxygens (including phenoxy) is 1.